The van der Waals surface area contributed by atoms with Crippen LogP contribution in [0.15, 0.2) is 71.9 Å². The molecule has 0 amide bonds. The molecule has 0 saturated carbocycles. The van der Waals surface area contributed by atoms with Gasteiger partial charge >= 0.3 is 6.18 Å². The third-order valence-electron chi connectivity index (χ3n) is 4.71. The number of ketones is 1. The number of carbonyl (C=O) groups excluding carboxylic acids is 1. The SMILES string of the molecule is O=C(CCc1ccncc1)CN(c1cc(C(F)(F)F)ccc1Cl)S(=O)(=O)c1ccc(F)cc1. The summed E-state index contributed by atoms with van der Waals surface area (Å²) in [6.45, 7) is -0.758. The van der Waals surface area contributed by atoms with Crippen molar-refractivity contribution in [2.75, 3.05) is 10.8 Å². The quantitative estimate of drug-likeness (QED) is 0.394. The van der Waals surface area contributed by atoms with Crippen LogP contribution in [0, 0.1) is 5.82 Å². The zero-order valence-corrected chi connectivity index (χ0v) is 18.5. The van der Waals surface area contributed by atoms with Gasteiger partial charge in [-0.3, -0.25) is 14.1 Å². The van der Waals surface area contributed by atoms with E-state index >= 15 is 0 Å². The Labute approximate surface area is 192 Å². The Hall–Kier alpha value is -2.98. The predicted molar refractivity (Wildman–Crippen MR) is 115 cm³/mol. The molecule has 1 aromatic heterocycles. The molecule has 3 rings (SSSR count). The van der Waals surface area contributed by atoms with Crippen LogP contribution >= 0.6 is 11.6 Å². The Kier molecular flexibility index (Phi) is 7.38. The van der Waals surface area contributed by atoms with E-state index in [1.165, 1.54) is 12.4 Å². The minimum Gasteiger partial charge on any atom is -0.298 e. The van der Waals surface area contributed by atoms with E-state index in [1.807, 2.05) is 0 Å². The molecule has 0 aliphatic carbocycles. The number of pyridine rings is 1. The maximum Gasteiger partial charge on any atom is 0.416 e. The summed E-state index contributed by atoms with van der Waals surface area (Å²) in [6, 6.07) is 9.26. The second-order valence-electron chi connectivity index (χ2n) is 7.02. The molecule has 0 aliphatic heterocycles. The maximum absolute atomic E-state index is 13.3. The summed E-state index contributed by atoms with van der Waals surface area (Å²) >= 11 is 6.06. The van der Waals surface area contributed by atoms with Crippen molar-refractivity contribution in [3.05, 3.63) is 89.0 Å². The van der Waals surface area contributed by atoms with E-state index in [1.54, 1.807) is 12.1 Å². The molecule has 33 heavy (non-hydrogen) atoms. The first-order valence-corrected chi connectivity index (χ1v) is 11.4. The fourth-order valence-corrected chi connectivity index (χ4v) is 4.71. The minimum atomic E-state index is -4.77. The molecule has 1 heterocycles. The first kappa shape index (κ1) is 24.7. The van der Waals surface area contributed by atoms with Crippen molar-refractivity contribution >= 4 is 33.1 Å². The molecule has 0 unspecified atom stereocenters. The van der Waals surface area contributed by atoms with E-state index in [4.69, 9.17) is 11.6 Å². The summed E-state index contributed by atoms with van der Waals surface area (Å²) in [7, 11) is -4.55. The maximum atomic E-state index is 13.3. The highest BCUT2D eigenvalue weighted by molar-refractivity contribution is 7.92. The Balaban J connectivity index is 2.00. The first-order chi connectivity index (χ1) is 15.5. The average molecular weight is 501 g/mol. The Morgan fingerprint density at radius 1 is 1.00 bits per heavy atom. The molecule has 5 nitrogen and oxygen atoms in total. The highest BCUT2D eigenvalue weighted by atomic mass is 35.5. The molecule has 0 spiro atoms. The Bertz CT molecular complexity index is 1230. The standard InChI is InChI=1S/C22H17ClF4N2O3S/c23-20-8-2-16(22(25,26)27)13-21(20)29(33(31,32)19-6-3-17(24)4-7-19)14-18(30)5-1-15-9-11-28-12-10-15/h2-4,6-13H,1,5,14H2. The monoisotopic (exact) mass is 500 g/mol. The number of hydrogen-bond acceptors (Lipinski definition) is 4. The first-order valence-electron chi connectivity index (χ1n) is 9.54. The largest absolute Gasteiger partial charge is 0.416 e. The van der Waals surface area contributed by atoms with Crippen LogP contribution in [0.1, 0.15) is 17.5 Å². The topological polar surface area (TPSA) is 67.3 Å². The number of hydrogen-bond donors (Lipinski definition) is 0. The highest BCUT2D eigenvalue weighted by Gasteiger charge is 2.34. The van der Waals surface area contributed by atoms with E-state index < -0.39 is 50.5 Å². The number of Topliss-reactive ketones (excluding diaryl/α,β-unsaturated/α-hetero) is 1. The van der Waals surface area contributed by atoms with Gasteiger partial charge in [-0.15, -0.1) is 0 Å². The van der Waals surface area contributed by atoms with Crippen molar-refractivity contribution in [3.8, 4) is 0 Å². The molecular formula is C22H17ClF4N2O3S. The summed E-state index contributed by atoms with van der Waals surface area (Å²) < 4.78 is 80.2. The molecule has 11 heteroatoms. The highest BCUT2D eigenvalue weighted by Crippen LogP contribution is 2.37. The van der Waals surface area contributed by atoms with Crippen LogP contribution in [0.25, 0.3) is 0 Å². The number of rotatable bonds is 8. The zero-order valence-electron chi connectivity index (χ0n) is 16.9. The number of aryl methyl sites for hydroxylation is 1. The second-order valence-corrected chi connectivity index (χ2v) is 9.29. The van der Waals surface area contributed by atoms with Crippen LogP contribution in [0.3, 0.4) is 0 Å². The summed E-state index contributed by atoms with van der Waals surface area (Å²) in [5.74, 6) is -1.25. The Morgan fingerprint density at radius 2 is 1.64 bits per heavy atom. The fraction of sp³-hybridized carbons (Fsp3) is 0.182. The number of halogens is 5. The van der Waals surface area contributed by atoms with Gasteiger partial charge in [0.25, 0.3) is 10.0 Å². The molecule has 174 valence electrons. The van der Waals surface area contributed by atoms with Crippen molar-refractivity contribution in [1.29, 1.82) is 0 Å². The van der Waals surface area contributed by atoms with Crippen LogP contribution < -0.4 is 4.31 Å². The third-order valence-corrected chi connectivity index (χ3v) is 6.80. The smallest absolute Gasteiger partial charge is 0.298 e. The molecule has 0 bridgehead atoms. The van der Waals surface area contributed by atoms with Gasteiger partial charge in [0.1, 0.15) is 5.82 Å². The van der Waals surface area contributed by atoms with Gasteiger partial charge in [0.2, 0.25) is 0 Å². The van der Waals surface area contributed by atoms with E-state index in [0.717, 1.165) is 35.9 Å². The van der Waals surface area contributed by atoms with Crippen LogP contribution in [-0.2, 0) is 27.4 Å². The molecule has 3 aromatic rings. The number of aromatic nitrogens is 1. The fourth-order valence-electron chi connectivity index (χ4n) is 2.99. The van der Waals surface area contributed by atoms with Crippen molar-refractivity contribution in [2.45, 2.75) is 23.9 Å². The molecule has 0 fully saturated rings. The minimum absolute atomic E-state index is 0.0734. The number of sulfonamides is 1. The van der Waals surface area contributed by atoms with E-state index in [0.29, 0.717) is 16.4 Å². The van der Waals surface area contributed by atoms with Gasteiger partial charge in [-0.2, -0.15) is 13.2 Å². The molecule has 0 saturated heterocycles. The number of anilines is 1. The van der Waals surface area contributed by atoms with Gasteiger partial charge in [0.05, 0.1) is 27.7 Å². The lowest BCUT2D eigenvalue weighted by Gasteiger charge is -2.25. The zero-order chi connectivity index (χ0) is 24.2. The van der Waals surface area contributed by atoms with Crippen molar-refractivity contribution in [2.24, 2.45) is 0 Å². The average Bonchev–Trinajstić information content (AvgIpc) is 2.77. The van der Waals surface area contributed by atoms with Gasteiger partial charge in [-0.05, 0) is 66.6 Å². The Morgan fingerprint density at radius 3 is 2.24 bits per heavy atom. The van der Waals surface area contributed by atoms with Crippen molar-refractivity contribution in [3.63, 3.8) is 0 Å². The van der Waals surface area contributed by atoms with Gasteiger partial charge < -0.3 is 0 Å². The number of alkyl halides is 3. The van der Waals surface area contributed by atoms with Crippen LogP contribution in [0.2, 0.25) is 5.02 Å². The van der Waals surface area contributed by atoms with Gasteiger partial charge in [0.15, 0.2) is 5.78 Å². The molecule has 0 atom stereocenters. The van der Waals surface area contributed by atoms with Crippen molar-refractivity contribution in [1.82, 2.24) is 4.98 Å². The number of carbonyl (C=O) groups is 1. The lowest BCUT2D eigenvalue weighted by Crippen LogP contribution is -2.36. The second kappa shape index (κ2) is 9.88. The summed E-state index contributed by atoms with van der Waals surface area (Å²) in [6.07, 6.45) is -1.49. The van der Waals surface area contributed by atoms with Gasteiger partial charge in [-0.25, -0.2) is 12.8 Å². The molecule has 0 N–H and O–H groups in total. The summed E-state index contributed by atoms with van der Waals surface area (Å²) in [4.78, 5) is 16.1. The third kappa shape index (κ3) is 6.08. The number of nitrogens with zero attached hydrogens (tertiary/aromatic N) is 2. The summed E-state index contributed by atoms with van der Waals surface area (Å²) in [5, 5.41) is -0.296. The molecule has 0 aliphatic rings. The molecular weight excluding hydrogens is 484 g/mol. The molecule has 2 aromatic carbocycles. The molecule has 0 radical (unpaired) electrons. The van der Waals surface area contributed by atoms with Crippen LogP contribution in [0.4, 0.5) is 23.2 Å². The van der Waals surface area contributed by atoms with Crippen molar-refractivity contribution < 1.29 is 30.8 Å². The summed E-state index contributed by atoms with van der Waals surface area (Å²) in [5.41, 5.74) is -0.859. The van der Waals surface area contributed by atoms with E-state index in [2.05, 4.69) is 4.98 Å². The lowest BCUT2D eigenvalue weighted by atomic mass is 10.1. The van der Waals surface area contributed by atoms with Gasteiger partial charge in [-0.1, -0.05) is 11.6 Å². The lowest BCUT2D eigenvalue weighted by molar-refractivity contribution is -0.137. The van der Waals surface area contributed by atoms with Crippen LogP contribution in [-0.4, -0.2) is 25.7 Å². The van der Waals surface area contributed by atoms with E-state index in [9.17, 15) is 30.8 Å². The normalized spacial score (nSPS) is 11.9. The predicted octanol–water partition coefficient (Wildman–Crippen LogP) is 5.29. The van der Waals surface area contributed by atoms with Gasteiger partial charge in [0, 0.05) is 18.8 Å². The van der Waals surface area contributed by atoms with Crippen LogP contribution in [0.5, 0.6) is 0 Å². The number of benzene rings is 2. The van der Waals surface area contributed by atoms with E-state index in [-0.39, 0.29) is 17.9 Å².